The van der Waals surface area contributed by atoms with Crippen LogP contribution < -0.4 is 11.1 Å². The summed E-state index contributed by atoms with van der Waals surface area (Å²) in [6, 6.07) is 0.694. The summed E-state index contributed by atoms with van der Waals surface area (Å²) in [6.45, 7) is 11.8. The second-order valence-electron chi connectivity index (χ2n) is 6.58. The van der Waals surface area contributed by atoms with E-state index in [1.54, 1.807) is 0 Å². The molecule has 20 heavy (non-hydrogen) atoms. The van der Waals surface area contributed by atoms with E-state index in [-0.39, 0.29) is 5.91 Å². The number of piperidine rings is 1. The van der Waals surface area contributed by atoms with Gasteiger partial charge in [-0.1, -0.05) is 13.8 Å². The average molecular weight is 283 g/mol. The van der Waals surface area contributed by atoms with Crippen molar-refractivity contribution in [2.75, 3.05) is 19.6 Å². The summed E-state index contributed by atoms with van der Waals surface area (Å²) in [5.41, 5.74) is 4.96. The fourth-order valence-electron chi connectivity index (χ4n) is 3.22. The molecule has 1 fully saturated rings. The summed E-state index contributed by atoms with van der Waals surface area (Å²) >= 11 is 0. The Balaban J connectivity index is 2.31. The molecule has 4 heteroatoms. The van der Waals surface area contributed by atoms with Crippen molar-refractivity contribution >= 4 is 5.91 Å². The molecule has 118 valence electrons. The lowest BCUT2D eigenvalue weighted by atomic mass is 9.91. The number of hydrogen-bond donors (Lipinski definition) is 2. The standard InChI is InChI=1S/C16H33N3O/c1-5-18-16(4,15(17)20)10-6-7-11-19-12-8-9-13(2)14(19)3/h13-14,18H,5-12H2,1-4H3,(H2,17,20). The predicted molar refractivity (Wildman–Crippen MR) is 84.6 cm³/mol. The number of hydrogen-bond acceptors (Lipinski definition) is 3. The first-order valence-corrected chi connectivity index (χ1v) is 8.19. The van der Waals surface area contributed by atoms with Gasteiger partial charge in [0, 0.05) is 6.04 Å². The molecule has 3 atom stereocenters. The SMILES string of the molecule is CCNC(C)(CCCCN1CCCC(C)C1C)C(N)=O. The highest BCUT2D eigenvalue weighted by molar-refractivity contribution is 5.84. The molecule has 3 N–H and O–H groups in total. The van der Waals surface area contributed by atoms with Crippen molar-refractivity contribution in [3.63, 3.8) is 0 Å². The molecule has 1 saturated heterocycles. The van der Waals surface area contributed by atoms with Gasteiger partial charge in [-0.2, -0.15) is 0 Å². The summed E-state index contributed by atoms with van der Waals surface area (Å²) in [4.78, 5) is 14.2. The van der Waals surface area contributed by atoms with E-state index in [4.69, 9.17) is 5.73 Å². The number of primary amides is 1. The Bertz CT molecular complexity index is 308. The van der Waals surface area contributed by atoms with E-state index >= 15 is 0 Å². The van der Waals surface area contributed by atoms with E-state index in [2.05, 4.69) is 24.1 Å². The first-order valence-electron chi connectivity index (χ1n) is 8.19. The van der Waals surface area contributed by atoms with Crippen molar-refractivity contribution < 1.29 is 4.79 Å². The maximum Gasteiger partial charge on any atom is 0.237 e. The Kier molecular flexibility index (Phi) is 6.96. The zero-order valence-electron chi connectivity index (χ0n) is 13.7. The summed E-state index contributed by atoms with van der Waals surface area (Å²) in [5.74, 6) is 0.570. The molecule has 0 aromatic heterocycles. The van der Waals surface area contributed by atoms with E-state index in [0.717, 1.165) is 38.3 Å². The van der Waals surface area contributed by atoms with Crippen LogP contribution in [0.1, 0.15) is 59.8 Å². The van der Waals surface area contributed by atoms with Gasteiger partial charge in [0.25, 0.3) is 0 Å². The second kappa shape index (κ2) is 7.99. The number of rotatable bonds is 8. The molecule has 1 rings (SSSR count). The van der Waals surface area contributed by atoms with Crippen LogP contribution in [-0.4, -0.2) is 42.0 Å². The maximum absolute atomic E-state index is 11.6. The minimum atomic E-state index is -0.546. The Morgan fingerprint density at radius 3 is 2.70 bits per heavy atom. The molecule has 0 aromatic carbocycles. The minimum absolute atomic E-state index is 0.237. The van der Waals surface area contributed by atoms with E-state index in [0.29, 0.717) is 6.04 Å². The normalized spacial score (nSPS) is 27.2. The van der Waals surface area contributed by atoms with Gasteiger partial charge in [-0.05, 0) is 71.5 Å². The van der Waals surface area contributed by atoms with Crippen molar-refractivity contribution in [3.05, 3.63) is 0 Å². The second-order valence-corrected chi connectivity index (χ2v) is 6.58. The zero-order chi connectivity index (χ0) is 15.2. The van der Waals surface area contributed by atoms with Gasteiger partial charge < -0.3 is 16.0 Å². The molecule has 1 heterocycles. The van der Waals surface area contributed by atoms with Gasteiger partial charge in [-0.15, -0.1) is 0 Å². The molecular weight excluding hydrogens is 250 g/mol. The first kappa shape index (κ1) is 17.4. The van der Waals surface area contributed by atoms with Crippen LogP contribution in [0.3, 0.4) is 0 Å². The van der Waals surface area contributed by atoms with Gasteiger partial charge in [0.05, 0.1) is 5.54 Å². The van der Waals surface area contributed by atoms with Crippen molar-refractivity contribution in [2.24, 2.45) is 11.7 Å². The van der Waals surface area contributed by atoms with E-state index in [1.807, 2.05) is 13.8 Å². The quantitative estimate of drug-likeness (QED) is 0.671. The first-order chi connectivity index (χ1) is 9.40. The molecule has 4 nitrogen and oxygen atoms in total. The summed E-state index contributed by atoms with van der Waals surface area (Å²) in [5, 5.41) is 3.22. The highest BCUT2D eigenvalue weighted by atomic mass is 16.1. The third-order valence-electron chi connectivity index (χ3n) is 4.99. The summed E-state index contributed by atoms with van der Waals surface area (Å²) in [7, 11) is 0. The van der Waals surface area contributed by atoms with Crippen LogP contribution >= 0.6 is 0 Å². The maximum atomic E-state index is 11.6. The van der Waals surface area contributed by atoms with Crippen molar-refractivity contribution in [1.29, 1.82) is 0 Å². The minimum Gasteiger partial charge on any atom is -0.368 e. The van der Waals surface area contributed by atoms with Gasteiger partial charge in [0.2, 0.25) is 5.91 Å². The van der Waals surface area contributed by atoms with Crippen LogP contribution in [0.15, 0.2) is 0 Å². The van der Waals surface area contributed by atoms with Gasteiger partial charge in [-0.3, -0.25) is 4.79 Å². The average Bonchev–Trinajstić information content (AvgIpc) is 2.39. The summed E-state index contributed by atoms with van der Waals surface area (Å²) in [6.07, 6.45) is 5.70. The number of nitrogens with zero attached hydrogens (tertiary/aromatic N) is 1. The third kappa shape index (κ3) is 4.74. The van der Waals surface area contributed by atoms with Crippen LogP contribution in [-0.2, 0) is 4.79 Å². The Morgan fingerprint density at radius 2 is 2.10 bits per heavy atom. The molecule has 0 spiro atoms. The molecule has 0 aliphatic carbocycles. The highest BCUT2D eigenvalue weighted by Gasteiger charge is 2.29. The number of carbonyl (C=O) groups is 1. The van der Waals surface area contributed by atoms with Crippen molar-refractivity contribution in [3.8, 4) is 0 Å². The predicted octanol–water partition coefficient (Wildman–Crippen LogP) is 2.13. The fraction of sp³-hybridized carbons (Fsp3) is 0.938. The molecular formula is C16H33N3O. The molecule has 1 amide bonds. The largest absolute Gasteiger partial charge is 0.368 e. The molecule has 0 radical (unpaired) electrons. The lowest BCUT2D eigenvalue weighted by molar-refractivity contribution is -0.124. The van der Waals surface area contributed by atoms with Crippen LogP contribution in [0, 0.1) is 5.92 Å². The number of nitrogens with one attached hydrogen (secondary N) is 1. The molecule has 0 saturated carbocycles. The Labute approximate surface area is 124 Å². The van der Waals surface area contributed by atoms with Crippen LogP contribution in [0.4, 0.5) is 0 Å². The van der Waals surface area contributed by atoms with Gasteiger partial charge in [0.15, 0.2) is 0 Å². The molecule has 3 unspecified atom stereocenters. The van der Waals surface area contributed by atoms with E-state index in [1.165, 1.54) is 19.4 Å². The fourth-order valence-corrected chi connectivity index (χ4v) is 3.22. The number of amides is 1. The van der Waals surface area contributed by atoms with Gasteiger partial charge in [0.1, 0.15) is 0 Å². The van der Waals surface area contributed by atoms with Crippen LogP contribution in [0.5, 0.6) is 0 Å². The topological polar surface area (TPSA) is 58.4 Å². The third-order valence-corrected chi connectivity index (χ3v) is 4.99. The van der Waals surface area contributed by atoms with Crippen molar-refractivity contribution in [2.45, 2.75) is 71.4 Å². The van der Waals surface area contributed by atoms with Gasteiger partial charge >= 0.3 is 0 Å². The molecule has 1 aliphatic rings. The Hall–Kier alpha value is -0.610. The molecule has 0 bridgehead atoms. The molecule has 1 aliphatic heterocycles. The number of nitrogens with two attached hydrogens (primary N) is 1. The van der Waals surface area contributed by atoms with E-state index < -0.39 is 5.54 Å². The lowest BCUT2D eigenvalue weighted by Crippen LogP contribution is -2.53. The lowest BCUT2D eigenvalue weighted by Gasteiger charge is -2.38. The number of carbonyl (C=O) groups excluding carboxylic acids is 1. The van der Waals surface area contributed by atoms with Gasteiger partial charge in [-0.25, -0.2) is 0 Å². The van der Waals surface area contributed by atoms with E-state index in [9.17, 15) is 4.79 Å². The molecule has 0 aromatic rings. The van der Waals surface area contributed by atoms with Crippen LogP contribution in [0.25, 0.3) is 0 Å². The summed E-state index contributed by atoms with van der Waals surface area (Å²) < 4.78 is 0. The number of likely N-dealkylation sites (N-methyl/N-ethyl adjacent to an activating group) is 1. The number of likely N-dealkylation sites (tertiary alicyclic amines) is 1. The highest BCUT2D eigenvalue weighted by Crippen LogP contribution is 2.23. The smallest absolute Gasteiger partial charge is 0.237 e. The van der Waals surface area contributed by atoms with Crippen LogP contribution in [0.2, 0.25) is 0 Å². The zero-order valence-corrected chi connectivity index (χ0v) is 13.7. The monoisotopic (exact) mass is 283 g/mol. The van der Waals surface area contributed by atoms with Crippen molar-refractivity contribution in [1.82, 2.24) is 10.2 Å². The number of unbranched alkanes of at least 4 members (excludes halogenated alkanes) is 1. The Morgan fingerprint density at radius 1 is 1.40 bits per heavy atom.